The first-order chi connectivity index (χ1) is 11.4. The van der Waals surface area contributed by atoms with Crippen molar-refractivity contribution in [3.05, 3.63) is 35.4 Å². The molecule has 25 heavy (non-hydrogen) atoms. The Balaban J connectivity index is 2.71. The predicted octanol–water partition coefficient (Wildman–Crippen LogP) is 1.17. The van der Waals surface area contributed by atoms with Crippen molar-refractivity contribution < 1.29 is 33.1 Å². The largest absolute Gasteiger partial charge is 0.549 e. The van der Waals surface area contributed by atoms with Gasteiger partial charge in [-0.15, -0.1) is 0 Å². The number of amides is 1. The van der Waals surface area contributed by atoms with Gasteiger partial charge >= 0.3 is 0 Å². The first kappa shape index (κ1) is 19.3. The summed E-state index contributed by atoms with van der Waals surface area (Å²) >= 11 is 0. The van der Waals surface area contributed by atoms with Crippen LogP contribution in [0.4, 0.5) is 13.6 Å². The van der Waals surface area contributed by atoms with E-state index in [1.807, 2.05) is 0 Å². The molecule has 1 aliphatic heterocycles. The van der Waals surface area contributed by atoms with E-state index in [9.17, 15) is 28.6 Å². The fourth-order valence-electron chi connectivity index (χ4n) is 3.96. The van der Waals surface area contributed by atoms with Crippen molar-refractivity contribution in [2.24, 2.45) is 5.41 Å². The van der Waals surface area contributed by atoms with Crippen LogP contribution in [0.25, 0.3) is 0 Å². The molecule has 1 aliphatic rings. The van der Waals surface area contributed by atoms with E-state index >= 15 is 0 Å². The average molecular weight is 354 g/mol. The van der Waals surface area contributed by atoms with Crippen LogP contribution in [0, 0.1) is 17.0 Å². The maximum atomic E-state index is 14.4. The van der Waals surface area contributed by atoms with E-state index < -0.39 is 45.1 Å². The van der Waals surface area contributed by atoms with Gasteiger partial charge in [0.25, 0.3) is 6.09 Å². The van der Waals surface area contributed by atoms with E-state index in [0.29, 0.717) is 6.07 Å². The third-order valence-electron chi connectivity index (χ3n) is 5.72. The van der Waals surface area contributed by atoms with Gasteiger partial charge in [0.15, 0.2) is 0 Å². The van der Waals surface area contributed by atoms with Crippen molar-refractivity contribution in [3.63, 3.8) is 0 Å². The number of carbonyl (C=O) groups excluding carboxylic acids is 2. The van der Waals surface area contributed by atoms with Gasteiger partial charge < -0.3 is 19.8 Å². The van der Waals surface area contributed by atoms with Gasteiger partial charge in [-0.1, -0.05) is 13.0 Å². The lowest BCUT2D eigenvalue weighted by molar-refractivity contribution is -0.911. The highest BCUT2D eigenvalue weighted by molar-refractivity contribution is 5.75. The predicted molar refractivity (Wildman–Crippen MR) is 82.0 cm³/mol. The van der Waals surface area contributed by atoms with Crippen LogP contribution in [0.1, 0.15) is 45.6 Å². The molecular weight excluding hydrogens is 332 g/mol. The highest BCUT2D eigenvalue weighted by Crippen LogP contribution is 2.51. The minimum absolute atomic E-state index is 0.0158. The van der Waals surface area contributed by atoms with Gasteiger partial charge in [-0.25, -0.2) is 8.78 Å². The monoisotopic (exact) mass is 354 g/mol. The zero-order valence-electron chi connectivity index (χ0n) is 14.8. The fraction of sp³-hybridized carbons (Fsp3) is 0.556. The van der Waals surface area contributed by atoms with Gasteiger partial charge in [0.2, 0.25) is 0 Å². The first-order valence-corrected chi connectivity index (χ1v) is 8.16. The highest BCUT2D eigenvalue weighted by Gasteiger charge is 2.61. The van der Waals surface area contributed by atoms with Crippen molar-refractivity contribution >= 4 is 12.1 Å². The molecule has 0 spiro atoms. The number of quaternary nitrogens is 1. The number of halogens is 2. The van der Waals surface area contributed by atoms with Gasteiger partial charge in [-0.3, -0.25) is 4.48 Å². The van der Waals surface area contributed by atoms with Crippen LogP contribution in [-0.4, -0.2) is 35.2 Å². The fourth-order valence-corrected chi connectivity index (χ4v) is 3.96. The summed E-state index contributed by atoms with van der Waals surface area (Å²) in [7, 11) is 0. The molecule has 1 heterocycles. The second kappa shape index (κ2) is 6.05. The van der Waals surface area contributed by atoms with Crippen LogP contribution in [0.15, 0.2) is 18.2 Å². The SMILES string of the molecule is CC[C@@]1(C(=O)[O-])C[N+](C(=O)[O-])(C(C)(C)C)C[C@H]1c1ccc(F)cc1F. The molecular formula is C18H22F2NO4-. The number of benzene rings is 1. The molecule has 0 N–H and O–H groups in total. The number of hydrogen-bond acceptors (Lipinski definition) is 4. The number of aliphatic carboxylic acids is 1. The molecule has 7 heteroatoms. The summed E-state index contributed by atoms with van der Waals surface area (Å²) in [4.78, 5) is 24.0. The maximum absolute atomic E-state index is 14.4. The number of rotatable bonds is 3. The smallest absolute Gasteiger partial charge is 0.257 e. The molecule has 1 fully saturated rings. The summed E-state index contributed by atoms with van der Waals surface area (Å²) in [6.07, 6.45) is -1.36. The van der Waals surface area contributed by atoms with Crippen molar-refractivity contribution in [2.45, 2.75) is 45.6 Å². The molecule has 3 atom stereocenters. The molecule has 138 valence electrons. The lowest BCUT2D eigenvalue weighted by atomic mass is 9.72. The van der Waals surface area contributed by atoms with Crippen LogP contribution >= 0.6 is 0 Å². The number of carboxylic acid groups (broad SMARTS) is 2. The minimum atomic E-state index is -1.59. The standard InChI is InChI=1S/C18H23F2NO4/c1-5-18(15(22)23)10-21(16(24)25,17(2,3)4)9-13(18)12-7-6-11(19)8-14(12)20/h6-8,13H,5,9-10H2,1-4H3,(H-,22,23,24,25)/p-1/t13-,18+,21?/m0/s1. The molecule has 1 saturated heterocycles. The van der Waals surface area contributed by atoms with Gasteiger partial charge in [-0.05, 0) is 38.8 Å². The lowest BCUT2D eigenvalue weighted by Gasteiger charge is -2.46. The molecule has 5 nitrogen and oxygen atoms in total. The van der Waals surface area contributed by atoms with Crippen molar-refractivity contribution in [3.8, 4) is 0 Å². The normalized spacial score (nSPS) is 29.6. The van der Waals surface area contributed by atoms with E-state index in [4.69, 9.17) is 0 Å². The average Bonchev–Trinajstić information content (AvgIpc) is 2.85. The number of nitrogens with zero attached hydrogens (tertiary/aromatic N) is 1. The van der Waals surface area contributed by atoms with Crippen molar-refractivity contribution in [1.82, 2.24) is 0 Å². The Morgan fingerprint density at radius 1 is 1.28 bits per heavy atom. The quantitative estimate of drug-likeness (QED) is 0.763. The molecule has 0 aliphatic carbocycles. The van der Waals surface area contributed by atoms with Gasteiger partial charge in [0, 0.05) is 6.07 Å². The summed E-state index contributed by atoms with van der Waals surface area (Å²) in [6, 6.07) is 2.89. The van der Waals surface area contributed by atoms with Crippen LogP contribution in [0.3, 0.4) is 0 Å². The molecule has 2 rings (SSSR count). The molecule has 1 aromatic rings. The molecule has 1 aromatic carbocycles. The first-order valence-electron chi connectivity index (χ1n) is 8.16. The zero-order chi connectivity index (χ0) is 19.2. The minimum Gasteiger partial charge on any atom is -0.549 e. The Bertz CT molecular complexity index is 716. The third kappa shape index (κ3) is 2.80. The third-order valence-corrected chi connectivity index (χ3v) is 5.72. The Labute approximate surface area is 145 Å². The maximum Gasteiger partial charge on any atom is 0.257 e. The number of likely N-dealkylation sites (tertiary alicyclic amines) is 1. The van der Waals surface area contributed by atoms with E-state index in [0.717, 1.165) is 6.07 Å². The molecule has 0 saturated carbocycles. The Morgan fingerprint density at radius 3 is 2.28 bits per heavy atom. The highest BCUT2D eigenvalue weighted by atomic mass is 19.1. The zero-order valence-corrected chi connectivity index (χ0v) is 14.8. The van der Waals surface area contributed by atoms with Crippen LogP contribution in [0.5, 0.6) is 0 Å². The summed E-state index contributed by atoms with van der Waals surface area (Å²) in [6.45, 7) is 6.16. The van der Waals surface area contributed by atoms with Crippen molar-refractivity contribution in [1.29, 1.82) is 0 Å². The second-order valence-electron chi connectivity index (χ2n) is 7.76. The second-order valence-corrected chi connectivity index (χ2v) is 7.76. The van der Waals surface area contributed by atoms with E-state index in [-0.39, 0.29) is 25.1 Å². The summed E-state index contributed by atoms with van der Waals surface area (Å²) in [5, 5.41) is 24.0. The van der Waals surface area contributed by atoms with E-state index in [2.05, 4.69) is 0 Å². The molecule has 0 bridgehead atoms. The van der Waals surface area contributed by atoms with Crippen LogP contribution in [-0.2, 0) is 4.79 Å². The molecule has 0 aromatic heterocycles. The number of carbonyl (C=O) groups is 2. The van der Waals surface area contributed by atoms with E-state index in [1.54, 1.807) is 27.7 Å². The summed E-state index contributed by atoms with van der Waals surface area (Å²) in [5.41, 5.74) is -2.48. The topological polar surface area (TPSA) is 80.3 Å². The Morgan fingerprint density at radius 2 is 1.88 bits per heavy atom. The van der Waals surface area contributed by atoms with Crippen LogP contribution < -0.4 is 10.2 Å². The number of hydrogen-bond donors (Lipinski definition) is 0. The van der Waals surface area contributed by atoms with Gasteiger partial charge in [0.05, 0.1) is 35.9 Å². The van der Waals surface area contributed by atoms with Gasteiger partial charge in [0.1, 0.15) is 11.6 Å². The van der Waals surface area contributed by atoms with Gasteiger partial charge in [-0.2, -0.15) is 0 Å². The van der Waals surface area contributed by atoms with Crippen LogP contribution in [0.2, 0.25) is 0 Å². The lowest BCUT2D eigenvalue weighted by Crippen LogP contribution is -2.67. The van der Waals surface area contributed by atoms with E-state index in [1.165, 1.54) is 6.07 Å². The molecule has 1 unspecified atom stereocenters. The van der Waals surface area contributed by atoms with Crippen molar-refractivity contribution in [2.75, 3.05) is 13.1 Å². The molecule has 1 amide bonds. The summed E-state index contributed by atoms with van der Waals surface area (Å²) in [5.74, 6) is -4.09. The number of carboxylic acids is 1. The molecule has 0 radical (unpaired) electrons. The Kier molecular flexibility index (Phi) is 4.67. The summed E-state index contributed by atoms with van der Waals surface area (Å²) < 4.78 is 27.0. The Hall–Kier alpha value is -2.02.